The van der Waals surface area contributed by atoms with Gasteiger partial charge in [-0.25, -0.2) is 9.82 Å². The third kappa shape index (κ3) is 9.55. The Morgan fingerprint density at radius 3 is 2.30 bits per heavy atom. The van der Waals surface area contributed by atoms with Crippen LogP contribution in [0, 0.1) is 0 Å². The fourth-order valence-electron chi connectivity index (χ4n) is 7.10. The minimum absolute atomic E-state index is 0.0130. The molecule has 1 aromatic carbocycles. The van der Waals surface area contributed by atoms with Crippen molar-refractivity contribution < 1.29 is 45.5 Å². The van der Waals surface area contributed by atoms with Gasteiger partial charge in [-0.1, -0.05) is 64.5 Å². The zero-order valence-corrected chi connectivity index (χ0v) is 30.7. The van der Waals surface area contributed by atoms with E-state index in [-0.39, 0.29) is 29.2 Å². The minimum Gasteiger partial charge on any atom is -0.364 e. The Bertz CT molecular complexity index is 1770. The van der Waals surface area contributed by atoms with E-state index in [0.29, 0.717) is 45.2 Å². The van der Waals surface area contributed by atoms with E-state index >= 15 is 0 Å². The van der Waals surface area contributed by atoms with Crippen molar-refractivity contribution in [2.24, 2.45) is 0 Å². The average Bonchev–Trinajstić information content (AvgIpc) is 3.41. The van der Waals surface area contributed by atoms with Crippen LogP contribution in [0.25, 0.3) is 0 Å². The Morgan fingerprint density at radius 2 is 1.66 bits per heavy atom. The van der Waals surface area contributed by atoms with Crippen molar-refractivity contribution in [1.29, 1.82) is 0 Å². The molecule has 9 nitrogen and oxygen atoms in total. The highest BCUT2D eigenvalue weighted by Gasteiger charge is 2.43. The molecule has 0 radical (unpaired) electrons. The van der Waals surface area contributed by atoms with Gasteiger partial charge in [0.2, 0.25) is 0 Å². The Labute approximate surface area is 298 Å². The second kappa shape index (κ2) is 16.9. The summed E-state index contributed by atoms with van der Waals surface area (Å²) in [5.74, 6) is 0. The monoisotopic (exact) mass is 733 g/mol. The number of pyridine rings is 1. The quantitative estimate of drug-likeness (QED) is 0.0230. The minimum atomic E-state index is -4.45. The number of aryl methyl sites for hydroxylation is 1. The average molecular weight is 734 g/mol. The van der Waals surface area contributed by atoms with Crippen molar-refractivity contribution in [3.05, 3.63) is 83.2 Å². The summed E-state index contributed by atoms with van der Waals surface area (Å²) in [6.45, 7) is 9.55. The van der Waals surface area contributed by atoms with Gasteiger partial charge in [0.05, 0.1) is 24.5 Å². The number of fused-ring (bicyclic) bond motifs is 2. The van der Waals surface area contributed by atoms with Gasteiger partial charge in [0.15, 0.2) is 16.8 Å². The number of benzene rings is 1. The first-order valence-electron chi connectivity index (χ1n) is 16.9. The molecule has 0 spiro atoms. The fraction of sp³-hybridized carbons (Fsp3) is 0.486. The van der Waals surface area contributed by atoms with Crippen LogP contribution in [0.2, 0.25) is 0 Å². The molecule has 0 saturated heterocycles. The molecule has 1 aliphatic carbocycles. The van der Waals surface area contributed by atoms with E-state index in [0.717, 1.165) is 57.9 Å². The van der Waals surface area contributed by atoms with Gasteiger partial charge >= 0.3 is 12.1 Å². The third-order valence-corrected chi connectivity index (χ3v) is 11.2. The van der Waals surface area contributed by atoms with Crippen LogP contribution in [0.1, 0.15) is 95.9 Å². The molecule has 13 heteroatoms. The fourth-order valence-corrected chi connectivity index (χ4v) is 8.00. The summed E-state index contributed by atoms with van der Waals surface area (Å²) < 4.78 is 65.7. The number of hydrogen-bond acceptors (Lipinski definition) is 8. The molecule has 0 saturated carbocycles. The Balaban J connectivity index is 1.54. The van der Waals surface area contributed by atoms with E-state index in [1.54, 1.807) is 0 Å². The standard InChI is InChI=1S/C37H46F2N2O7S2/c1-36(2)26(22-32-30(36)24-28(50(45,46)47)25-40(32)20-12-6-10-16-34(38)42)14-8-5-9-15-33-37(3,4)29-23-27(49-48-44)18-19-31(29)41(33)21-13-7-11-17-35(39)43/h5,8-9,14-15,18-19,23-25,33H,6-7,10-13,16-17,20-22H2,1-4H3,(H-,44,45,46,47)/p+1/b8-5+,15-9+,26-14-. The maximum atomic E-state index is 12.7. The second-order valence-corrected chi connectivity index (χ2v) is 16.2. The second-order valence-electron chi connectivity index (χ2n) is 14.0. The van der Waals surface area contributed by atoms with Crippen LogP contribution in [-0.4, -0.2) is 42.9 Å². The van der Waals surface area contributed by atoms with Crippen molar-refractivity contribution in [3.63, 3.8) is 0 Å². The Kier molecular flexibility index (Phi) is 13.3. The highest BCUT2D eigenvalue weighted by Crippen LogP contribution is 2.47. The van der Waals surface area contributed by atoms with Crippen molar-refractivity contribution in [3.8, 4) is 0 Å². The number of hydrogen-bond donors (Lipinski definition) is 2. The van der Waals surface area contributed by atoms with Gasteiger partial charge in [0, 0.05) is 52.8 Å². The smallest absolute Gasteiger partial charge is 0.301 e. The zero-order valence-electron chi connectivity index (χ0n) is 29.0. The van der Waals surface area contributed by atoms with Gasteiger partial charge in [-0.3, -0.25) is 14.1 Å². The van der Waals surface area contributed by atoms with E-state index in [4.69, 9.17) is 5.26 Å². The molecule has 0 bridgehead atoms. The summed E-state index contributed by atoms with van der Waals surface area (Å²) in [5, 5.41) is 8.99. The summed E-state index contributed by atoms with van der Waals surface area (Å²) >= 11 is 0.879. The van der Waals surface area contributed by atoms with Crippen LogP contribution < -0.4 is 9.47 Å². The number of carbonyl (C=O) groups is 2. The largest absolute Gasteiger partial charge is 0.364 e. The highest BCUT2D eigenvalue weighted by molar-refractivity contribution is 7.94. The molecule has 0 amide bonds. The summed E-state index contributed by atoms with van der Waals surface area (Å²) in [6, 6.07) is 4.82. The highest BCUT2D eigenvalue weighted by atomic mass is 32.2. The third-order valence-electron chi connectivity index (χ3n) is 9.90. The molecule has 272 valence electrons. The molecule has 4 rings (SSSR count). The van der Waals surface area contributed by atoms with E-state index in [1.807, 2.05) is 60.9 Å². The van der Waals surface area contributed by atoms with Crippen molar-refractivity contribution in [2.45, 2.75) is 119 Å². The van der Waals surface area contributed by atoms with Gasteiger partial charge in [-0.05, 0) is 61.1 Å². The molecular weight excluding hydrogens is 687 g/mol. The molecule has 2 heterocycles. The summed E-state index contributed by atoms with van der Waals surface area (Å²) in [6.07, 6.45) is 15.6. The maximum Gasteiger partial charge on any atom is 0.301 e. The number of nitrogens with zero attached hydrogens (tertiary/aromatic N) is 2. The van der Waals surface area contributed by atoms with Crippen molar-refractivity contribution in [2.75, 3.05) is 11.4 Å². The van der Waals surface area contributed by atoms with Crippen LogP contribution in [0.15, 0.2) is 76.2 Å². The van der Waals surface area contributed by atoms with Crippen LogP contribution in [0.3, 0.4) is 0 Å². The van der Waals surface area contributed by atoms with Crippen molar-refractivity contribution >= 4 is 39.9 Å². The van der Waals surface area contributed by atoms with E-state index < -0.39 is 27.6 Å². The van der Waals surface area contributed by atoms with Gasteiger partial charge < -0.3 is 4.90 Å². The summed E-state index contributed by atoms with van der Waals surface area (Å²) in [5.41, 5.74) is 4.19. The number of halogens is 2. The molecule has 2 aliphatic rings. The van der Waals surface area contributed by atoms with Crippen LogP contribution in [0.4, 0.5) is 14.5 Å². The topological polar surface area (TPSA) is 125 Å². The van der Waals surface area contributed by atoms with E-state index in [2.05, 4.69) is 29.2 Å². The van der Waals surface area contributed by atoms with Gasteiger partial charge in [0.25, 0.3) is 10.1 Å². The van der Waals surface area contributed by atoms with Gasteiger partial charge in [-0.15, -0.1) is 0 Å². The first-order valence-corrected chi connectivity index (χ1v) is 19.1. The normalized spacial score (nSPS) is 18.8. The molecule has 1 aromatic heterocycles. The van der Waals surface area contributed by atoms with E-state index in [9.17, 15) is 31.3 Å². The number of rotatable bonds is 18. The maximum absolute atomic E-state index is 12.7. The predicted octanol–water partition coefficient (Wildman–Crippen LogP) is 7.87. The molecule has 0 fully saturated rings. The number of unbranched alkanes of at least 4 members (excludes halogenated alkanes) is 4. The van der Waals surface area contributed by atoms with Crippen LogP contribution in [0.5, 0.6) is 0 Å². The van der Waals surface area contributed by atoms with Gasteiger partial charge in [0.1, 0.15) is 6.54 Å². The lowest BCUT2D eigenvalue weighted by atomic mass is 9.80. The Hall–Kier alpha value is -3.23. The molecular formula is C37H47F2N2O7S2+. The molecule has 50 heavy (non-hydrogen) atoms. The zero-order chi connectivity index (χ0) is 36.7. The first-order chi connectivity index (χ1) is 23.6. The Morgan fingerprint density at radius 1 is 0.980 bits per heavy atom. The molecule has 1 aliphatic heterocycles. The molecule has 2 aromatic rings. The number of aromatic nitrogens is 1. The van der Waals surface area contributed by atoms with Gasteiger partial charge in [-0.2, -0.15) is 21.5 Å². The SMILES string of the molecule is CC1(C)\C(=C/C=C/C=C/C2N(CCCCCC(=O)F)c3ccc(SOO)cc3C2(C)C)Cc2c1cc(S(=O)(=O)O)c[n+]2CCCCCC(=O)F. The molecule has 2 N–H and O–H groups in total. The summed E-state index contributed by atoms with van der Waals surface area (Å²) in [7, 11) is -4.45. The molecule has 1 atom stereocenters. The van der Waals surface area contributed by atoms with Crippen LogP contribution in [-0.2, 0) is 47.8 Å². The number of carbonyl (C=O) groups excluding carboxylic acids is 2. The van der Waals surface area contributed by atoms with Crippen LogP contribution >= 0.6 is 12.0 Å². The first kappa shape index (κ1) is 39.6. The summed E-state index contributed by atoms with van der Waals surface area (Å²) in [4.78, 5) is 24.3. The number of anilines is 1. The number of allylic oxidation sites excluding steroid dienone is 5. The predicted molar refractivity (Wildman–Crippen MR) is 189 cm³/mol. The lowest BCUT2D eigenvalue weighted by Gasteiger charge is -2.32. The molecule has 1 unspecified atom stereocenters. The van der Waals surface area contributed by atoms with Crippen molar-refractivity contribution in [1.82, 2.24) is 0 Å². The lowest BCUT2D eigenvalue weighted by molar-refractivity contribution is -0.706. The lowest BCUT2D eigenvalue weighted by Crippen LogP contribution is -2.40. The van der Waals surface area contributed by atoms with E-state index in [1.165, 1.54) is 12.3 Å².